The zero-order valence-corrected chi connectivity index (χ0v) is 60.1. The molecule has 0 spiro atoms. The van der Waals surface area contributed by atoms with Crippen LogP contribution in [0.15, 0.2) is 48.5 Å². The number of phenolic OH excluding ortho intramolecular Hbond substituents is 1. The van der Waals surface area contributed by atoms with E-state index >= 15 is 0 Å². The van der Waals surface area contributed by atoms with E-state index in [4.69, 9.17) is 16.2 Å². The number of amides is 11. The predicted molar refractivity (Wildman–Crippen MR) is 377 cm³/mol. The summed E-state index contributed by atoms with van der Waals surface area (Å²) in [7, 11) is 0. The number of nitrogens with zero attached hydrogens (tertiary/aromatic N) is 1. The van der Waals surface area contributed by atoms with Crippen molar-refractivity contribution in [1.82, 2.24) is 52.8 Å². The van der Waals surface area contributed by atoms with Gasteiger partial charge in [-0.15, -0.1) is 0 Å². The maximum Gasteiger partial charge on any atom is 0.334 e. The first-order chi connectivity index (χ1) is 49.0. The minimum Gasteiger partial charge on any atom is -0.508 e. The van der Waals surface area contributed by atoms with Crippen LogP contribution in [0.1, 0.15) is 206 Å². The molecule has 2 aromatic carbocycles. The molecule has 1 fully saturated rings. The van der Waals surface area contributed by atoms with Crippen molar-refractivity contribution in [2.75, 3.05) is 13.1 Å². The molecule has 3 aliphatic rings. The van der Waals surface area contributed by atoms with Gasteiger partial charge in [0.1, 0.15) is 71.9 Å². The molecule has 2 aromatic rings. The molecule has 0 unspecified atom stereocenters. The molecule has 572 valence electrons. The molecule has 11 amide bonds. The van der Waals surface area contributed by atoms with Crippen LogP contribution < -0.4 is 64.1 Å². The third kappa shape index (κ3) is 31.1. The number of aliphatic carboxylic acids is 2. The number of carboxylic acid groups (broad SMARTS) is 2. The lowest BCUT2D eigenvalue weighted by atomic mass is 9.97. The van der Waals surface area contributed by atoms with E-state index in [1.807, 2.05) is 0 Å². The third-order valence-electron chi connectivity index (χ3n) is 18.3. The van der Waals surface area contributed by atoms with E-state index in [9.17, 15) is 87.5 Å². The largest absolute Gasteiger partial charge is 0.508 e. The minimum atomic E-state index is -1.96. The summed E-state index contributed by atoms with van der Waals surface area (Å²) in [5, 5.41) is 63.5. The number of fused-ring (bicyclic) bond motifs is 23. The number of aromatic hydroxyl groups is 1. The summed E-state index contributed by atoms with van der Waals surface area (Å²) in [5.41, 5.74) is 12.1. The Morgan fingerprint density at radius 2 is 1.15 bits per heavy atom. The number of hydrogen-bond acceptors (Lipinski definition) is 18. The number of primary amides is 1. The van der Waals surface area contributed by atoms with Crippen molar-refractivity contribution in [2.45, 2.75) is 275 Å². The Morgan fingerprint density at radius 3 is 1.72 bits per heavy atom. The monoisotopic (exact) mass is 1450 g/mol. The van der Waals surface area contributed by atoms with Crippen LogP contribution >= 0.6 is 0 Å². The van der Waals surface area contributed by atoms with Gasteiger partial charge in [0.05, 0.1) is 6.10 Å². The van der Waals surface area contributed by atoms with E-state index < -0.39 is 187 Å². The van der Waals surface area contributed by atoms with Crippen molar-refractivity contribution in [3.63, 3.8) is 0 Å². The van der Waals surface area contributed by atoms with Gasteiger partial charge in [-0.25, -0.2) is 4.79 Å². The molecular weight excluding hydrogens is 1340 g/mol. The second-order valence-electron chi connectivity index (χ2n) is 26.9. The molecule has 0 radical (unpaired) electrons. The second-order valence-corrected chi connectivity index (χ2v) is 26.9. The number of hydrogen-bond donors (Lipinski definition) is 15. The number of phenols is 1. The van der Waals surface area contributed by atoms with Crippen molar-refractivity contribution in [3.05, 3.63) is 59.7 Å². The van der Waals surface area contributed by atoms with Crippen LogP contribution in [0.3, 0.4) is 0 Å². The highest BCUT2D eigenvalue weighted by atomic mass is 16.5. The van der Waals surface area contributed by atoms with Crippen LogP contribution in [0.2, 0.25) is 0 Å². The van der Waals surface area contributed by atoms with Crippen molar-refractivity contribution < 1.29 is 92.3 Å². The number of carbonyl (C=O) groups is 14. The van der Waals surface area contributed by atoms with Crippen LogP contribution in [-0.4, -0.2) is 188 Å². The molecule has 0 aliphatic carbocycles. The molecule has 17 N–H and O–H groups in total. The van der Waals surface area contributed by atoms with E-state index in [0.717, 1.165) is 43.9 Å². The van der Waals surface area contributed by atoms with Crippen molar-refractivity contribution in [2.24, 2.45) is 17.4 Å². The smallest absolute Gasteiger partial charge is 0.334 e. The van der Waals surface area contributed by atoms with E-state index in [0.29, 0.717) is 18.4 Å². The Balaban J connectivity index is 1.74. The number of rotatable bonds is 36. The van der Waals surface area contributed by atoms with Crippen molar-refractivity contribution >= 4 is 82.9 Å². The first-order valence-electron chi connectivity index (χ1n) is 36.3. The zero-order chi connectivity index (χ0) is 76.1. The lowest BCUT2D eigenvalue weighted by molar-refractivity contribution is -0.143. The minimum absolute atomic E-state index is 0.00766. The van der Waals surface area contributed by atoms with Crippen LogP contribution in [0.4, 0.5) is 0 Å². The third-order valence-corrected chi connectivity index (χ3v) is 18.3. The fourth-order valence-electron chi connectivity index (χ4n) is 12.0. The SMILES string of the molecule is CCCCCCCCCCCCCCCC(=O)N[C@H](CCC(=O)O)C(=O)N[C@H](CCCN)C(=O)N[C@H]1Cc2ccc(cc2)OC(=O)[C@H]([C@H](C)CC)NC(=O)[C@H](Cc2ccc(O)cc2)NC(=O)[C@@H](CCC(N)=O)NC(=O)[C@H]2CCCN2C(=O)[C@@H](C)NC(=O)[C@@H](CCC(=O)O)NC(=O)[C@@H]([C@@H](C)O)NC1=O. The van der Waals surface area contributed by atoms with Gasteiger partial charge in [-0.3, -0.25) is 62.3 Å². The molecule has 1 saturated heterocycles. The number of benzene rings is 2. The molecule has 12 atom stereocenters. The number of aliphatic hydroxyl groups excluding tert-OH is 1. The lowest BCUT2D eigenvalue weighted by Crippen LogP contribution is -2.62. The van der Waals surface area contributed by atoms with Crippen molar-refractivity contribution in [1.29, 1.82) is 0 Å². The van der Waals surface area contributed by atoms with Gasteiger partial charge < -0.3 is 89.4 Å². The highest BCUT2D eigenvalue weighted by molar-refractivity contribution is 5.99. The molecule has 31 nitrogen and oxygen atoms in total. The maximum absolute atomic E-state index is 14.8. The Labute approximate surface area is 601 Å². The average Bonchev–Trinajstić information content (AvgIpc) is 1.79. The van der Waals surface area contributed by atoms with Gasteiger partial charge in [0, 0.05) is 45.1 Å². The van der Waals surface area contributed by atoms with Gasteiger partial charge >= 0.3 is 17.9 Å². The molecule has 0 saturated carbocycles. The molecule has 0 aromatic heterocycles. The van der Waals surface area contributed by atoms with Crippen molar-refractivity contribution in [3.8, 4) is 11.5 Å². The first-order valence-corrected chi connectivity index (χ1v) is 36.3. The van der Waals surface area contributed by atoms with Gasteiger partial charge in [0.15, 0.2) is 0 Å². The quantitative estimate of drug-likeness (QED) is 0.0201. The summed E-state index contributed by atoms with van der Waals surface area (Å²) in [6, 6.07) is -4.50. The van der Waals surface area contributed by atoms with Gasteiger partial charge in [0.2, 0.25) is 65.0 Å². The number of nitrogens with two attached hydrogens (primary N) is 2. The van der Waals surface area contributed by atoms with Crippen LogP contribution in [-0.2, 0) is 80.0 Å². The Bertz CT molecular complexity index is 3150. The Morgan fingerprint density at radius 1 is 0.602 bits per heavy atom. The highest BCUT2D eigenvalue weighted by Crippen LogP contribution is 2.23. The number of nitrogens with one attached hydrogen (secondary N) is 9. The maximum atomic E-state index is 14.8. The highest BCUT2D eigenvalue weighted by Gasteiger charge is 2.41. The topological polar surface area (TPSA) is 493 Å². The molecule has 2 bridgehead atoms. The zero-order valence-electron chi connectivity index (χ0n) is 60.1. The summed E-state index contributed by atoms with van der Waals surface area (Å²) in [5.74, 6) is -14.8. The molecule has 31 heteroatoms. The fourth-order valence-corrected chi connectivity index (χ4v) is 12.0. The second kappa shape index (κ2) is 45.7. The Hall–Kier alpha value is -9.26. The Kier molecular flexibility index (Phi) is 38.2. The number of ether oxygens (including phenoxy) is 1. The lowest BCUT2D eigenvalue weighted by Gasteiger charge is -2.30. The summed E-state index contributed by atoms with van der Waals surface area (Å²) in [6.45, 7) is 7.92. The number of carbonyl (C=O) groups excluding carboxylic acids is 12. The molecule has 103 heavy (non-hydrogen) atoms. The molecular formula is C72H110N12O19. The molecule has 3 heterocycles. The van der Waals surface area contributed by atoms with Gasteiger partial charge in [-0.2, -0.15) is 0 Å². The van der Waals surface area contributed by atoms with Gasteiger partial charge in [0.25, 0.3) is 0 Å². The predicted octanol–water partition coefficient (Wildman–Crippen LogP) is 2.11. The summed E-state index contributed by atoms with van der Waals surface area (Å²) in [6.07, 6.45) is 9.10. The molecule has 3 aliphatic heterocycles. The summed E-state index contributed by atoms with van der Waals surface area (Å²) < 4.78 is 5.83. The van der Waals surface area contributed by atoms with Crippen LogP contribution in [0.5, 0.6) is 11.5 Å². The first kappa shape index (κ1) is 86.1. The normalized spacial score (nSPS) is 21.7. The average molecular weight is 1450 g/mol. The molecule has 5 rings (SSSR count). The van der Waals surface area contributed by atoms with E-state index in [-0.39, 0.29) is 81.5 Å². The van der Waals surface area contributed by atoms with Gasteiger partial charge in [-0.1, -0.05) is 129 Å². The number of unbranched alkanes of at least 4 members (excludes halogenated alkanes) is 12. The number of esters is 1. The van der Waals surface area contributed by atoms with Gasteiger partial charge in [-0.05, 0) is 113 Å². The van der Waals surface area contributed by atoms with Crippen LogP contribution in [0.25, 0.3) is 0 Å². The standard InChI is InChI=1S/C72H110N12O19/c1-6-8-9-10-11-12-13-14-15-16-17-18-19-24-58(88)76-51(34-37-59(89)90)65(95)77-50(22-20-39-73)64(94)80-55-42-47-27-31-49(32-28-47)103-72(102)61(43(3)7-2)82-67(97)54(41-46-25-29-48(86)30-26-46)81-66(96)52(33-36-57(74)87)78-69(99)56-23-21-40-84(56)71(101)44(4)75-63(93)53(35-38-60(91)92)79-70(100)62(45(5)85)83-68(55)98/h25-32,43-45,50-56,61-62,85-86H,6-24,33-42,73H2,1-5H3,(H2,74,87)(H,75,93)(H,76,88)(H,77,95)(H,78,99)(H,79,100)(H,80,94)(H,81,96)(H,82,97)(H,83,98)(H,89,90)(H,91,92)/t43-,44-,45-,50-,51-,52-,53-,54+,55+,56-,61+,62-/m1/s1. The van der Waals surface area contributed by atoms with E-state index in [1.165, 1.54) is 100 Å². The number of carboxylic acids is 2. The van der Waals surface area contributed by atoms with E-state index in [1.54, 1.807) is 13.8 Å². The summed E-state index contributed by atoms with van der Waals surface area (Å²) >= 11 is 0. The summed E-state index contributed by atoms with van der Waals surface area (Å²) in [4.78, 5) is 194. The van der Waals surface area contributed by atoms with Crippen LogP contribution in [0, 0.1) is 5.92 Å². The van der Waals surface area contributed by atoms with E-state index in [2.05, 4.69) is 54.8 Å². The number of aliphatic hydroxyl groups is 1. The fraction of sp³-hybridized carbons (Fsp3) is 0.639.